The molecule has 1 aliphatic rings. The molecule has 0 unspecified atom stereocenters. The van der Waals surface area contributed by atoms with Crippen molar-refractivity contribution in [3.63, 3.8) is 0 Å². The number of ketones is 2. The molecule has 5 heteroatoms. The normalized spacial score (nSPS) is 12.9. The Morgan fingerprint density at radius 2 is 1.71 bits per heavy atom. The lowest BCUT2D eigenvalue weighted by Crippen LogP contribution is -2.14. The molecule has 2 aromatic carbocycles. The summed E-state index contributed by atoms with van der Waals surface area (Å²) < 4.78 is 0. The standard InChI is InChI=1S/C23H15N3O2/c1-13(27)14-6-2-4-8-17(14)25-19-12-20(28)23-21-16(10-11-24-23)15-7-3-5-9-18(15)26-22(19)21/h2-12,25H,1H3. The van der Waals surface area contributed by atoms with E-state index in [1.165, 1.54) is 13.0 Å². The maximum absolute atomic E-state index is 12.8. The molecule has 28 heavy (non-hydrogen) atoms. The van der Waals surface area contributed by atoms with Gasteiger partial charge in [0.05, 0.1) is 16.9 Å². The maximum atomic E-state index is 12.8. The molecule has 0 radical (unpaired) electrons. The van der Waals surface area contributed by atoms with Gasteiger partial charge in [0.2, 0.25) is 5.78 Å². The summed E-state index contributed by atoms with van der Waals surface area (Å²) in [6.45, 7) is 1.52. The number of hydrogen-bond donors (Lipinski definition) is 1. The van der Waals surface area contributed by atoms with Crippen LogP contribution in [0.2, 0.25) is 0 Å². The summed E-state index contributed by atoms with van der Waals surface area (Å²) in [6, 6.07) is 17.0. The molecule has 0 saturated carbocycles. The number of nitrogens with one attached hydrogen (secondary N) is 1. The SMILES string of the molecule is CC(=O)c1ccccc1NC1=CC(=O)c2nccc3c2c1nc1ccccc13. The number of rotatable bonds is 3. The number of benzene rings is 2. The van der Waals surface area contributed by atoms with Crippen molar-refractivity contribution in [2.24, 2.45) is 0 Å². The molecule has 0 amide bonds. The molecule has 2 heterocycles. The van der Waals surface area contributed by atoms with Crippen molar-refractivity contribution < 1.29 is 9.59 Å². The second kappa shape index (κ2) is 6.09. The number of Topliss-reactive ketones (excluding diaryl/α,β-unsaturated/α-hetero) is 1. The first-order chi connectivity index (χ1) is 13.6. The van der Waals surface area contributed by atoms with Gasteiger partial charge in [0.15, 0.2) is 5.78 Å². The van der Waals surface area contributed by atoms with Gasteiger partial charge in [0.1, 0.15) is 5.69 Å². The molecule has 5 nitrogen and oxygen atoms in total. The highest BCUT2D eigenvalue weighted by molar-refractivity contribution is 6.24. The second-order valence-corrected chi connectivity index (χ2v) is 6.71. The molecule has 1 N–H and O–H groups in total. The van der Waals surface area contributed by atoms with Crippen LogP contribution in [0.3, 0.4) is 0 Å². The van der Waals surface area contributed by atoms with Gasteiger partial charge in [-0.25, -0.2) is 4.98 Å². The third kappa shape index (κ3) is 2.41. The lowest BCUT2D eigenvalue weighted by molar-refractivity contribution is 0.101. The van der Waals surface area contributed by atoms with Crippen molar-refractivity contribution in [2.45, 2.75) is 6.92 Å². The first kappa shape index (κ1) is 16.3. The van der Waals surface area contributed by atoms with Gasteiger partial charge in [0.25, 0.3) is 0 Å². The lowest BCUT2D eigenvalue weighted by Gasteiger charge is -2.20. The van der Waals surface area contributed by atoms with E-state index in [-0.39, 0.29) is 11.6 Å². The highest BCUT2D eigenvalue weighted by Crippen LogP contribution is 2.35. The maximum Gasteiger partial charge on any atom is 0.207 e. The molecule has 0 aliphatic heterocycles. The first-order valence-electron chi connectivity index (χ1n) is 8.94. The van der Waals surface area contributed by atoms with Crippen molar-refractivity contribution in [1.29, 1.82) is 0 Å². The molecule has 0 spiro atoms. The van der Waals surface area contributed by atoms with Crippen LogP contribution in [0.15, 0.2) is 66.9 Å². The van der Waals surface area contributed by atoms with Gasteiger partial charge in [-0.2, -0.15) is 0 Å². The molecule has 2 aromatic heterocycles. The Bertz CT molecular complexity index is 1340. The molecule has 5 rings (SSSR count). The zero-order valence-corrected chi connectivity index (χ0v) is 15.1. The monoisotopic (exact) mass is 365 g/mol. The molecule has 4 aromatic rings. The number of hydrogen-bond acceptors (Lipinski definition) is 5. The molecule has 0 fully saturated rings. The number of anilines is 1. The van der Waals surface area contributed by atoms with Crippen molar-refractivity contribution in [1.82, 2.24) is 9.97 Å². The summed E-state index contributed by atoms with van der Waals surface area (Å²) in [7, 11) is 0. The number of nitrogens with zero attached hydrogens (tertiary/aromatic N) is 2. The summed E-state index contributed by atoms with van der Waals surface area (Å²) in [4.78, 5) is 33.8. The lowest BCUT2D eigenvalue weighted by atomic mass is 9.95. The van der Waals surface area contributed by atoms with Crippen molar-refractivity contribution >= 4 is 44.6 Å². The van der Waals surface area contributed by atoms with E-state index in [1.807, 2.05) is 48.5 Å². The average molecular weight is 365 g/mol. The zero-order valence-electron chi connectivity index (χ0n) is 15.1. The quantitative estimate of drug-likeness (QED) is 0.423. The van der Waals surface area contributed by atoms with Crippen LogP contribution in [-0.2, 0) is 0 Å². The Labute approximate surface area is 160 Å². The second-order valence-electron chi connectivity index (χ2n) is 6.71. The minimum absolute atomic E-state index is 0.0514. The van der Waals surface area contributed by atoms with Gasteiger partial charge < -0.3 is 5.32 Å². The number of allylic oxidation sites excluding steroid dienone is 1. The van der Waals surface area contributed by atoms with Crippen LogP contribution in [0.1, 0.15) is 33.5 Å². The first-order valence-corrected chi connectivity index (χ1v) is 8.94. The summed E-state index contributed by atoms with van der Waals surface area (Å²) >= 11 is 0. The fourth-order valence-corrected chi connectivity index (χ4v) is 3.69. The predicted octanol–water partition coefficient (Wildman–Crippen LogP) is 4.63. The smallest absolute Gasteiger partial charge is 0.207 e. The topological polar surface area (TPSA) is 72.0 Å². The highest BCUT2D eigenvalue weighted by Gasteiger charge is 2.25. The minimum Gasteiger partial charge on any atom is -0.353 e. The van der Waals surface area contributed by atoms with Crippen LogP contribution in [0.25, 0.3) is 27.4 Å². The molecular formula is C23H15N3O2. The Morgan fingerprint density at radius 1 is 0.929 bits per heavy atom. The number of aromatic nitrogens is 2. The Morgan fingerprint density at radius 3 is 2.57 bits per heavy atom. The van der Waals surface area contributed by atoms with Crippen LogP contribution < -0.4 is 5.32 Å². The van der Waals surface area contributed by atoms with Gasteiger partial charge >= 0.3 is 0 Å². The number of pyridine rings is 2. The Hall–Kier alpha value is -3.86. The largest absolute Gasteiger partial charge is 0.353 e. The van der Waals surface area contributed by atoms with E-state index in [4.69, 9.17) is 4.98 Å². The number of para-hydroxylation sites is 2. The van der Waals surface area contributed by atoms with Gasteiger partial charge in [-0.3, -0.25) is 14.6 Å². The molecule has 1 aliphatic carbocycles. The van der Waals surface area contributed by atoms with Crippen molar-refractivity contribution in [3.8, 4) is 0 Å². The van der Waals surface area contributed by atoms with Gasteiger partial charge in [-0.05, 0) is 36.6 Å². The van der Waals surface area contributed by atoms with E-state index in [0.717, 1.165) is 21.7 Å². The molecule has 134 valence electrons. The van der Waals surface area contributed by atoms with Crippen molar-refractivity contribution in [2.75, 3.05) is 5.32 Å². The predicted molar refractivity (Wildman–Crippen MR) is 109 cm³/mol. The number of carbonyl (C=O) groups is 2. The Kier molecular flexibility index (Phi) is 3.55. The van der Waals surface area contributed by atoms with Crippen LogP contribution in [0, 0.1) is 0 Å². The number of fused-ring (bicyclic) bond motifs is 2. The molecule has 0 atom stereocenters. The van der Waals surface area contributed by atoms with Gasteiger partial charge in [0, 0.05) is 34.3 Å². The van der Waals surface area contributed by atoms with Gasteiger partial charge in [-0.15, -0.1) is 0 Å². The summed E-state index contributed by atoms with van der Waals surface area (Å²) in [5, 5.41) is 5.90. The average Bonchev–Trinajstić information content (AvgIpc) is 2.71. The van der Waals surface area contributed by atoms with Crippen LogP contribution in [0.4, 0.5) is 5.69 Å². The minimum atomic E-state index is -0.182. The van der Waals surface area contributed by atoms with Crippen molar-refractivity contribution in [3.05, 3.63) is 83.8 Å². The fourth-order valence-electron chi connectivity index (χ4n) is 3.69. The van der Waals surface area contributed by atoms with E-state index in [9.17, 15) is 9.59 Å². The zero-order chi connectivity index (χ0) is 19.3. The van der Waals surface area contributed by atoms with E-state index in [0.29, 0.717) is 28.3 Å². The number of carbonyl (C=O) groups excluding carboxylic acids is 2. The van der Waals surface area contributed by atoms with Crippen LogP contribution >= 0.6 is 0 Å². The molecule has 0 saturated heterocycles. The van der Waals surface area contributed by atoms with E-state index in [2.05, 4.69) is 10.3 Å². The van der Waals surface area contributed by atoms with Crippen LogP contribution in [0.5, 0.6) is 0 Å². The summed E-state index contributed by atoms with van der Waals surface area (Å²) in [6.07, 6.45) is 3.16. The van der Waals surface area contributed by atoms with E-state index >= 15 is 0 Å². The fraction of sp³-hybridized carbons (Fsp3) is 0.0435. The highest BCUT2D eigenvalue weighted by atomic mass is 16.1. The summed E-state index contributed by atoms with van der Waals surface area (Å²) in [5.41, 5.74) is 3.67. The Balaban J connectivity index is 1.77. The summed E-state index contributed by atoms with van der Waals surface area (Å²) in [5.74, 6) is -0.234. The van der Waals surface area contributed by atoms with Gasteiger partial charge in [-0.1, -0.05) is 30.3 Å². The van der Waals surface area contributed by atoms with Crippen LogP contribution in [-0.4, -0.2) is 21.5 Å². The molecule has 0 bridgehead atoms. The third-order valence-electron chi connectivity index (χ3n) is 4.95. The van der Waals surface area contributed by atoms with E-state index in [1.54, 1.807) is 12.3 Å². The molecular weight excluding hydrogens is 350 g/mol. The third-order valence-corrected chi connectivity index (χ3v) is 4.95. The van der Waals surface area contributed by atoms with E-state index < -0.39 is 0 Å².